The molecule has 114 valence electrons. The van der Waals surface area contributed by atoms with E-state index in [1.807, 2.05) is 5.32 Å². The Morgan fingerprint density at radius 1 is 1.30 bits per heavy atom. The van der Waals surface area contributed by atoms with Gasteiger partial charge in [0.1, 0.15) is 11.5 Å². The van der Waals surface area contributed by atoms with E-state index in [2.05, 4.69) is 0 Å². The van der Waals surface area contributed by atoms with Crippen LogP contribution in [0.2, 0.25) is 0 Å². The van der Waals surface area contributed by atoms with Crippen molar-refractivity contribution in [3.8, 4) is 11.5 Å². The molecule has 0 bridgehead atoms. The summed E-state index contributed by atoms with van der Waals surface area (Å²) in [5.41, 5.74) is -3.33. The molecule has 0 aliphatic rings. The highest BCUT2D eigenvalue weighted by molar-refractivity contribution is 5.62. The van der Waals surface area contributed by atoms with E-state index < -0.39 is 44.7 Å². The van der Waals surface area contributed by atoms with Gasteiger partial charge in [-0.2, -0.15) is 0 Å². The highest BCUT2D eigenvalue weighted by Gasteiger charge is 2.14. The summed E-state index contributed by atoms with van der Waals surface area (Å²) in [5.74, 6) is -1.61. The third-order valence-corrected chi connectivity index (χ3v) is 1.87. The minimum absolute atomic E-state index is 0.0551. The summed E-state index contributed by atoms with van der Waals surface area (Å²) in [7, 11) is 0. The van der Waals surface area contributed by atoms with Crippen LogP contribution in [0.15, 0.2) is 18.2 Å². The first-order chi connectivity index (χ1) is 12.8. The maximum Gasteiger partial charge on any atom is 0.300 e. The van der Waals surface area contributed by atoms with Crippen LogP contribution in [0.1, 0.15) is 51.5 Å². The maximum atomic E-state index is 10.1. The third-order valence-electron chi connectivity index (χ3n) is 1.87. The molecule has 0 spiro atoms. The van der Waals surface area contributed by atoms with E-state index in [4.69, 9.17) is 22.2 Å². The SMILES string of the molecule is CC(=O)O.[2H]C([2H])([2H])C(NCC(O)c1cc(O)cc(O)c1)(C([2H])([2H])[2H])C([2H])([2H])[2H]. The molecule has 20 heavy (non-hydrogen) atoms. The number of aromatic hydroxyl groups is 2. The molecule has 5 N–H and O–H groups in total. The lowest BCUT2D eigenvalue weighted by Gasteiger charge is -2.23. The number of carbonyl (C=O) groups is 1. The first-order valence-electron chi connectivity index (χ1n) is 9.92. The molecule has 0 amide bonds. The van der Waals surface area contributed by atoms with Gasteiger partial charge in [0, 0.05) is 37.4 Å². The lowest BCUT2D eigenvalue weighted by Crippen LogP contribution is -2.38. The number of aliphatic hydroxyl groups excluding tert-OH is 1. The number of β-amino-alcohol motifs (C(OH)–C–C–N with tert-alkyl or cyclic N) is 1. The molecule has 0 saturated heterocycles. The van der Waals surface area contributed by atoms with Crippen LogP contribution < -0.4 is 5.32 Å². The van der Waals surface area contributed by atoms with Gasteiger partial charge < -0.3 is 25.7 Å². The topological polar surface area (TPSA) is 110 Å². The Morgan fingerprint density at radius 2 is 1.75 bits per heavy atom. The Hall–Kier alpha value is -1.79. The second-order valence-electron chi connectivity index (χ2n) is 3.95. The number of nitrogens with one attached hydrogen (secondary N) is 1. The number of hydrogen-bond acceptors (Lipinski definition) is 5. The third kappa shape index (κ3) is 9.18. The number of hydrogen-bond donors (Lipinski definition) is 5. The fraction of sp³-hybridized carbons (Fsp3) is 0.500. The maximum absolute atomic E-state index is 10.1. The van der Waals surface area contributed by atoms with Crippen molar-refractivity contribution in [1.82, 2.24) is 5.32 Å². The molecule has 0 aliphatic carbocycles. The molecule has 1 atom stereocenters. The van der Waals surface area contributed by atoms with Crippen molar-refractivity contribution in [2.24, 2.45) is 0 Å². The number of phenols is 2. The standard InChI is InChI=1S/C12H19NO3.C2H4O2/c1-12(2,3)13-7-11(16)8-4-9(14)6-10(15)5-8;1-2(3)4/h4-6,11,13-16H,7H2,1-3H3;1H3,(H,3,4)/i1D3,2D3,3D3;. The van der Waals surface area contributed by atoms with E-state index in [-0.39, 0.29) is 17.1 Å². The molecular formula is C14H23NO5. The molecule has 1 rings (SSSR count). The average molecular weight is 294 g/mol. The average Bonchev–Trinajstić information content (AvgIpc) is 2.41. The normalized spacial score (nSPS) is 20.8. The van der Waals surface area contributed by atoms with E-state index in [0.717, 1.165) is 25.1 Å². The molecule has 0 radical (unpaired) electrons. The van der Waals surface area contributed by atoms with Crippen LogP contribution >= 0.6 is 0 Å². The van der Waals surface area contributed by atoms with Crippen LogP contribution in [0.25, 0.3) is 0 Å². The largest absolute Gasteiger partial charge is 0.508 e. The number of phenolic OH excluding ortho intramolecular Hbond substituents is 2. The summed E-state index contributed by atoms with van der Waals surface area (Å²) in [6.45, 7) is -9.99. The van der Waals surface area contributed by atoms with Crippen LogP contribution in [-0.2, 0) is 4.79 Å². The quantitative estimate of drug-likeness (QED) is 0.579. The van der Waals surface area contributed by atoms with Gasteiger partial charge in [0.15, 0.2) is 0 Å². The van der Waals surface area contributed by atoms with Crippen LogP contribution in [0, 0.1) is 0 Å². The fourth-order valence-corrected chi connectivity index (χ4v) is 1.18. The minimum atomic E-state index is -3.44. The first-order valence-corrected chi connectivity index (χ1v) is 5.42. The van der Waals surface area contributed by atoms with Crippen molar-refractivity contribution in [2.45, 2.75) is 39.1 Å². The Labute approximate surface area is 131 Å². The van der Waals surface area contributed by atoms with Gasteiger partial charge in [0.2, 0.25) is 0 Å². The molecule has 6 nitrogen and oxygen atoms in total. The highest BCUT2D eigenvalue weighted by Crippen LogP contribution is 2.24. The fourth-order valence-electron chi connectivity index (χ4n) is 1.18. The Kier molecular flexibility index (Phi) is 3.03. The summed E-state index contributed by atoms with van der Waals surface area (Å²) >= 11 is 0. The summed E-state index contributed by atoms with van der Waals surface area (Å²) in [5, 5.41) is 38.3. The number of aliphatic carboxylic acids is 1. The van der Waals surface area contributed by atoms with Gasteiger partial charge in [-0.1, -0.05) is 0 Å². The van der Waals surface area contributed by atoms with Crippen LogP contribution in [-0.4, -0.2) is 38.5 Å². The monoisotopic (exact) mass is 294 g/mol. The van der Waals surface area contributed by atoms with Crippen molar-refractivity contribution in [3.63, 3.8) is 0 Å². The van der Waals surface area contributed by atoms with E-state index in [0.29, 0.717) is 0 Å². The van der Waals surface area contributed by atoms with Crippen LogP contribution in [0.5, 0.6) is 11.5 Å². The first kappa shape index (κ1) is 7.85. The van der Waals surface area contributed by atoms with Crippen LogP contribution in [0.3, 0.4) is 0 Å². The van der Waals surface area contributed by atoms with Gasteiger partial charge in [0.05, 0.1) is 6.10 Å². The van der Waals surface area contributed by atoms with Gasteiger partial charge >= 0.3 is 0 Å². The van der Waals surface area contributed by atoms with E-state index >= 15 is 0 Å². The van der Waals surface area contributed by atoms with Gasteiger partial charge in [-0.05, 0) is 38.3 Å². The molecule has 0 heterocycles. The van der Waals surface area contributed by atoms with Crippen molar-refractivity contribution >= 4 is 5.97 Å². The second-order valence-corrected chi connectivity index (χ2v) is 3.95. The summed E-state index contributed by atoms with van der Waals surface area (Å²) in [6.07, 6.45) is -1.58. The molecule has 1 aromatic rings. The lowest BCUT2D eigenvalue weighted by molar-refractivity contribution is -0.134. The number of rotatable bonds is 3. The van der Waals surface area contributed by atoms with Crippen molar-refractivity contribution in [3.05, 3.63) is 23.8 Å². The highest BCUT2D eigenvalue weighted by atomic mass is 16.4. The zero-order valence-corrected chi connectivity index (χ0v) is 10.7. The summed E-state index contributed by atoms with van der Waals surface area (Å²) < 4.78 is 67.1. The van der Waals surface area contributed by atoms with Crippen molar-refractivity contribution in [1.29, 1.82) is 0 Å². The van der Waals surface area contributed by atoms with Crippen molar-refractivity contribution in [2.75, 3.05) is 6.54 Å². The second kappa shape index (κ2) is 7.72. The van der Waals surface area contributed by atoms with Crippen molar-refractivity contribution < 1.29 is 37.6 Å². The molecule has 1 unspecified atom stereocenters. The zero-order chi connectivity index (χ0) is 23.4. The number of carboxylic acid groups (broad SMARTS) is 1. The number of aliphatic hydroxyl groups is 1. The molecular weight excluding hydrogens is 262 g/mol. The molecule has 0 fully saturated rings. The molecule has 1 aromatic carbocycles. The van der Waals surface area contributed by atoms with Gasteiger partial charge in [-0.15, -0.1) is 0 Å². The molecule has 0 saturated carbocycles. The van der Waals surface area contributed by atoms with Gasteiger partial charge in [-0.3, -0.25) is 4.79 Å². The Balaban J connectivity index is 0.00000178. The van der Waals surface area contributed by atoms with Crippen LogP contribution in [0.4, 0.5) is 0 Å². The smallest absolute Gasteiger partial charge is 0.300 e. The number of carboxylic acids is 1. The predicted molar refractivity (Wildman–Crippen MR) is 75.8 cm³/mol. The Bertz CT molecular complexity index is 640. The Morgan fingerprint density at radius 3 is 2.15 bits per heavy atom. The van der Waals surface area contributed by atoms with E-state index in [1.54, 1.807) is 0 Å². The lowest BCUT2D eigenvalue weighted by atomic mass is 10.1. The number of benzene rings is 1. The van der Waals surface area contributed by atoms with E-state index in [1.165, 1.54) is 0 Å². The molecule has 0 aliphatic heterocycles. The molecule has 6 heteroatoms. The van der Waals surface area contributed by atoms with Gasteiger partial charge in [0.25, 0.3) is 5.97 Å². The van der Waals surface area contributed by atoms with E-state index in [9.17, 15) is 15.3 Å². The summed E-state index contributed by atoms with van der Waals surface area (Å²) in [4.78, 5) is 9.00. The summed E-state index contributed by atoms with van der Waals surface area (Å²) in [6, 6.07) is 3.11. The zero-order valence-electron chi connectivity index (χ0n) is 19.7. The molecule has 0 aromatic heterocycles. The van der Waals surface area contributed by atoms with Gasteiger partial charge in [-0.25, -0.2) is 0 Å². The minimum Gasteiger partial charge on any atom is -0.508 e. The predicted octanol–water partition coefficient (Wildman–Crippen LogP) is 1.61.